The van der Waals surface area contributed by atoms with Crippen LogP contribution in [0.3, 0.4) is 0 Å². The number of hydrogen-bond donors (Lipinski definition) is 2. The minimum Gasteiger partial charge on any atom is -0.472 e. The van der Waals surface area contributed by atoms with E-state index in [0.717, 1.165) is 5.56 Å². The minimum atomic E-state index is -0.939. The first-order valence-electron chi connectivity index (χ1n) is 6.94. The van der Waals surface area contributed by atoms with Gasteiger partial charge in [0.15, 0.2) is 0 Å². The molecule has 1 aromatic carbocycles. The summed E-state index contributed by atoms with van der Waals surface area (Å²) in [6, 6.07) is 6.57. The molecule has 1 unspecified atom stereocenters. The molecule has 0 saturated carbocycles. The number of aliphatic hydroxyl groups is 1. The first-order valence-corrected chi connectivity index (χ1v) is 8.57. The summed E-state index contributed by atoms with van der Waals surface area (Å²) in [4.78, 5) is 16.4. The molecule has 2 N–H and O–H groups in total. The highest BCUT2D eigenvalue weighted by atomic mass is 35.5. The molecule has 2 aromatic heterocycles. The number of rotatable bonds is 5. The molecule has 2 heterocycles. The Labute approximate surface area is 151 Å². The summed E-state index contributed by atoms with van der Waals surface area (Å²) in [5.74, 6) is -0.370. The molecule has 0 radical (unpaired) electrons. The average Bonchev–Trinajstić information content (AvgIpc) is 3.23. The largest absolute Gasteiger partial charge is 0.472 e. The van der Waals surface area contributed by atoms with Crippen molar-refractivity contribution in [3.8, 4) is 10.6 Å². The third kappa shape index (κ3) is 3.79. The molecule has 0 aliphatic carbocycles. The Bertz CT molecular complexity index is 849. The summed E-state index contributed by atoms with van der Waals surface area (Å²) in [6.45, 7) is 0.0127. The van der Waals surface area contributed by atoms with Crippen molar-refractivity contribution < 1.29 is 14.3 Å². The van der Waals surface area contributed by atoms with Gasteiger partial charge in [0.1, 0.15) is 17.0 Å². The van der Waals surface area contributed by atoms with Gasteiger partial charge >= 0.3 is 0 Å². The zero-order valence-electron chi connectivity index (χ0n) is 12.2. The number of aromatic nitrogens is 1. The average molecular weight is 383 g/mol. The molecule has 3 rings (SSSR count). The lowest BCUT2D eigenvalue weighted by Gasteiger charge is -2.13. The van der Waals surface area contributed by atoms with Crippen LogP contribution < -0.4 is 5.32 Å². The molecule has 0 aliphatic rings. The second-order valence-corrected chi connectivity index (χ2v) is 6.64. The summed E-state index contributed by atoms with van der Waals surface area (Å²) >= 11 is 13.2. The fourth-order valence-electron chi connectivity index (χ4n) is 2.06. The predicted molar refractivity (Wildman–Crippen MR) is 93.6 cm³/mol. The van der Waals surface area contributed by atoms with E-state index in [4.69, 9.17) is 27.6 Å². The van der Waals surface area contributed by atoms with Gasteiger partial charge in [0.2, 0.25) is 0 Å². The van der Waals surface area contributed by atoms with Crippen LogP contribution in [0.1, 0.15) is 22.2 Å². The van der Waals surface area contributed by atoms with Crippen LogP contribution in [-0.2, 0) is 0 Å². The molecular weight excluding hydrogens is 371 g/mol. The standard InChI is InChI=1S/C16H12Cl2N2O3S/c17-10-1-2-11(12(18)5-10)14(21)6-19-15(22)13-8-24-16(20-13)9-3-4-23-7-9/h1-5,7-8,14,21H,6H2,(H,19,22). The van der Waals surface area contributed by atoms with Crippen molar-refractivity contribution in [1.29, 1.82) is 0 Å². The van der Waals surface area contributed by atoms with Crippen LogP contribution in [0.15, 0.2) is 46.6 Å². The number of nitrogens with zero attached hydrogens (tertiary/aromatic N) is 1. The van der Waals surface area contributed by atoms with Crippen molar-refractivity contribution in [1.82, 2.24) is 10.3 Å². The Morgan fingerprint density at radius 1 is 1.38 bits per heavy atom. The van der Waals surface area contributed by atoms with Crippen molar-refractivity contribution in [2.24, 2.45) is 0 Å². The third-order valence-electron chi connectivity index (χ3n) is 3.28. The Morgan fingerprint density at radius 3 is 2.92 bits per heavy atom. The van der Waals surface area contributed by atoms with Gasteiger partial charge in [0, 0.05) is 33.1 Å². The molecule has 0 bridgehead atoms. The van der Waals surface area contributed by atoms with Crippen LogP contribution in [0, 0.1) is 0 Å². The van der Waals surface area contributed by atoms with E-state index in [-0.39, 0.29) is 18.1 Å². The third-order valence-corrected chi connectivity index (χ3v) is 4.74. The van der Waals surface area contributed by atoms with E-state index in [0.29, 0.717) is 20.6 Å². The fourth-order valence-corrected chi connectivity index (χ4v) is 3.38. The number of nitrogens with one attached hydrogen (secondary N) is 1. The van der Waals surface area contributed by atoms with Gasteiger partial charge in [-0.2, -0.15) is 0 Å². The minimum absolute atomic E-state index is 0.0127. The van der Waals surface area contributed by atoms with E-state index < -0.39 is 6.10 Å². The van der Waals surface area contributed by atoms with Crippen LogP contribution in [-0.4, -0.2) is 22.5 Å². The summed E-state index contributed by atoms with van der Waals surface area (Å²) in [7, 11) is 0. The predicted octanol–water partition coefficient (Wildman–Crippen LogP) is 4.17. The van der Waals surface area contributed by atoms with E-state index in [1.165, 1.54) is 11.3 Å². The van der Waals surface area contributed by atoms with Gasteiger partial charge in [-0.05, 0) is 18.2 Å². The summed E-state index contributed by atoms with van der Waals surface area (Å²) < 4.78 is 5.00. The zero-order chi connectivity index (χ0) is 17.1. The van der Waals surface area contributed by atoms with Gasteiger partial charge < -0.3 is 14.8 Å². The molecule has 0 saturated heterocycles. The maximum Gasteiger partial charge on any atom is 0.270 e. The smallest absolute Gasteiger partial charge is 0.270 e. The Hall–Kier alpha value is -1.86. The maximum absolute atomic E-state index is 12.1. The highest BCUT2D eigenvalue weighted by molar-refractivity contribution is 7.13. The Morgan fingerprint density at radius 2 is 2.21 bits per heavy atom. The molecule has 5 nitrogen and oxygen atoms in total. The van der Waals surface area contributed by atoms with Crippen molar-refractivity contribution in [2.75, 3.05) is 6.54 Å². The van der Waals surface area contributed by atoms with E-state index in [9.17, 15) is 9.90 Å². The van der Waals surface area contributed by atoms with E-state index in [1.807, 2.05) is 0 Å². The number of benzene rings is 1. The topological polar surface area (TPSA) is 75.4 Å². The first-order chi connectivity index (χ1) is 11.5. The highest BCUT2D eigenvalue weighted by Crippen LogP contribution is 2.26. The van der Waals surface area contributed by atoms with Gasteiger partial charge in [0.05, 0.1) is 12.4 Å². The molecule has 0 spiro atoms. The SMILES string of the molecule is O=C(NCC(O)c1ccc(Cl)cc1Cl)c1csc(-c2ccoc2)n1. The molecule has 1 amide bonds. The van der Waals surface area contributed by atoms with Gasteiger partial charge in [-0.25, -0.2) is 4.98 Å². The molecule has 0 aliphatic heterocycles. The maximum atomic E-state index is 12.1. The lowest BCUT2D eigenvalue weighted by molar-refractivity contribution is 0.0912. The fraction of sp³-hybridized carbons (Fsp3) is 0.125. The monoisotopic (exact) mass is 382 g/mol. The number of carbonyl (C=O) groups is 1. The Kier molecular flexibility index (Phi) is 5.20. The van der Waals surface area contributed by atoms with Crippen LogP contribution >= 0.6 is 34.5 Å². The van der Waals surface area contributed by atoms with Crippen LogP contribution in [0.2, 0.25) is 10.0 Å². The van der Waals surface area contributed by atoms with E-state index in [1.54, 1.807) is 42.2 Å². The number of carbonyl (C=O) groups excluding carboxylic acids is 1. The number of hydrogen-bond acceptors (Lipinski definition) is 5. The van der Waals surface area contributed by atoms with Gasteiger partial charge in [-0.1, -0.05) is 29.3 Å². The molecular formula is C16H12Cl2N2O3S. The number of amides is 1. The summed E-state index contributed by atoms with van der Waals surface area (Å²) in [5, 5.41) is 16.0. The molecule has 0 fully saturated rings. The second-order valence-electron chi connectivity index (χ2n) is 4.94. The van der Waals surface area contributed by atoms with E-state index in [2.05, 4.69) is 10.3 Å². The van der Waals surface area contributed by atoms with E-state index >= 15 is 0 Å². The molecule has 3 aromatic rings. The van der Waals surface area contributed by atoms with Gasteiger partial charge in [-0.15, -0.1) is 11.3 Å². The molecule has 124 valence electrons. The lowest BCUT2D eigenvalue weighted by Crippen LogP contribution is -2.28. The molecule has 24 heavy (non-hydrogen) atoms. The Balaban J connectivity index is 1.63. The lowest BCUT2D eigenvalue weighted by atomic mass is 10.1. The number of thiazole rings is 1. The number of halogens is 2. The number of furan rings is 1. The highest BCUT2D eigenvalue weighted by Gasteiger charge is 2.16. The van der Waals surface area contributed by atoms with Gasteiger partial charge in [-0.3, -0.25) is 4.79 Å². The van der Waals surface area contributed by atoms with Crippen LogP contribution in [0.4, 0.5) is 0 Å². The zero-order valence-corrected chi connectivity index (χ0v) is 14.5. The van der Waals surface area contributed by atoms with Crippen molar-refractivity contribution in [3.05, 3.63) is 63.5 Å². The van der Waals surface area contributed by atoms with Crippen molar-refractivity contribution >= 4 is 40.4 Å². The quantitative estimate of drug-likeness (QED) is 0.693. The van der Waals surface area contributed by atoms with Crippen molar-refractivity contribution in [3.63, 3.8) is 0 Å². The molecule has 1 atom stereocenters. The van der Waals surface area contributed by atoms with Crippen LogP contribution in [0.5, 0.6) is 0 Å². The number of aliphatic hydroxyl groups excluding tert-OH is 1. The normalized spacial score (nSPS) is 12.1. The summed E-state index contributed by atoms with van der Waals surface area (Å²) in [6.07, 6.45) is 2.17. The molecule has 8 heteroatoms. The van der Waals surface area contributed by atoms with Gasteiger partial charge in [0.25, 0.3) is 5.91 Å². The second kappa shape index (κ2) is 7.36. The van der Waals surface area contributed by atoms with Crippen molar-refractivity contribution in [2.45, 2.75) is 6.10 Å². The van der Waals surface area contributed by atoms with Crippen LogP contribution in [0.25, 0.3) is 10.6 Å². The summed E-state index contributed by atoms with van der Waals surface area (Å²) in [5.41, 5.74) is 1.59. The first kappa shape index (κ1) is 17.0.